The van der Waals surface area contributed by atoms with Crippen LogP contribution < -0.4 is 5.73 Å². The van der Waals surface area contributed by atoms with E-state index in [-0.39, 0.29) is 5.91 Å². The Bertz CT molecular complexity index is 416. The highest BCUT2D eigenvalue weighted by Gasteiger charge is 2.22. The van der Waals surface area contributed by atoms with E-state index in [1.54, 1.807) is 12.1 Å². The van der Waals surface area contributed by atoms with Gasteiger partial charge in [-0.1, -0.05) is 6.92 Å². The molecule has 0 aliphatic carbocycles. The zero-order chi connectivity index (χ0) is 12.4. The summed E-state index contributed by atoms with van der Waals surface area (Å²) in [5.41, 5.74) is 7.10. The molecular formula is C12H17N3OS. The number of hydrogen-bond acceptors (Lipinski definition) is 4. The van der Waals surface area contributed by atoms with Gasteiger partial charge >= 0.3 is 0 Å². The highest BCUT2D eigenvalue weighted by Crippen LogP contribution is 2.20. The molecule has 1 aromatic heterocycles. The fraction of sp³-hybridized carbons (Fsp3) is 0.500. The summed E-state index contributed by atoms with van der Waals surface area (Å²) >= 11 is 1.91. The van der Waals surface area contributed by atoms with Crippen molar-refractivity contribution in [2.24, 2.45) is 0 Å². The lowest BCUT2D eigenvalue weighted by atomic mass is 10.2. The average Bonchev–Trinajstić information content (AvgIpc) is 2.26. The van der Waals surface area contributed by atoms with Crippen LogP contribution >= 0.6 is 11.8 Å². The van der Waals surface area contributed by atoms with Gasteiger partial charge in [-0.2, -0.15) is 11.8 Å². The van der Waals surface area contributed by atoms with Crippen LogP contribution in [-0.4, -0.2) is 39.9 Å². The van der Waals surface area contributed by atoms with Crippen LogP contribution in [0.15, 0.2) is 12.1 Å². The Hall–Kier alpha value is -1.23. The van der Waals surface area contributed by atoms with Gasteiger partial charge in [-0.05, 0) is 19.1 Å². The monoisotopic (exact) mass is 251 g/mol. The van der Waals surface area contributed by atoms with Crippen molar-refractivity contribution in [3.63, 3.8) is 0 Å². The molecule has 1 aliphatic heterocycles. The molecule has 17 heavy (non-hydrogen) atoms. The molecule has 1 amide bonds. The molecule has 1 aliphatic rings. The highest BCUT2D eigenvalue weighted by atomic mass is 32.2. The van der Waals surface area contributed by atoms with Gasteiger partial charge in [0.1, 0.15) is 5.82 Å². The van der Waals surface area contributed by atoms with E-state index in [4.69, 9.17) is 5.73 Å². The van der Waals surface area contributed by atoms with Crippen molar-refractivity contribution < 1.29 is 4.79 Å². The fourth-order valence-corrected chi connectivity index (χ4v) is 3.02. The number of nitrogen functional groups attached to an aromatic ring is 1. The SMILES string of the molecule is Cc1cc(C(=O)N2CCSC(C)C2)cc(N)n1. The van der Waals surface area contributed by atoms with E-state index in [0.717, 1.165) is 24.5 Å². The quantitative estimate of drug-likeness (QED) is 0.822. The predicted molar refractivity (Wildman–Crippen MR) is 71.2 cm³/mol. The van der Waals surface area contributed by atoms with Gasteiger partial charge in [0.2, 0.25) is 0 Å². The van der Waals surface area contributed by atoms with Crippen LogP contribution in [0.5, 0.6) is 0 Å². The van der Waals surface area contributed by atoms with Crippen molar-refractivity contribution in [3.05, 3.63) is 23.4 Å². The molecule has 1 aromatic rings. The molecule has 2 rings (SSSR count). The van der Waals surface area contributed by atoms with Crippen LogP contribution in [0.2, 0.25) is 0 Å². The maximum absolute atomic E-state index is 12.3. The van der Waals surface area contributed by atoms with Gasteiger partial charge in [0.15, 0.2) is 0 Å². The minimum Gasteiger partial charge on any atom is -0.384 e. The van der Waals surface area contributed by atoms with Crippen LogP contribution in [-0.2, 0) is 0 Å². The molecule has 1 atom stereocenters. The van der Waals surface area contributed by atoms with Gasteiger partial charge < -0.3 is 10.6 Å². The predicted octanol–water partition coefficient (Wildman–Crippen LogP) is 1.55. The van der Waals surface area contributed by atoms with Crippen molar-refractivity contribution in [1.82, 2.24) is 9.88 Å². The number of nitrogens with two attached hydrogens (primary N) is 1. The molecule has 0 aromatic carbocycles. The summed E-state index contributed by atoms with van der Waals surface area (Å²) in [5, 5.41) is 0.507. The largest absolute Gasteiger partial charge is 0.384 e. The molecule has 0 bridgehead atoms. The van der Waals surface area contributed by atoms with Gasteiger partial charge in [-0.25, -0.2) is 4.98 Å². The first-order chi connectivity index (χ1) is 8.06. The van der Waals surface area contributed by atoms with E-state index >= 15 is 0 Å². The third-order valence-electron chi connectivity index (χ3n) is 2.75. The second-order valence-corrected chi connectivity index (χ2v) is 5.90. The number of aryl methyl sites for hydroxylation is 1. The molecule has 2 heterocycles. The summed E-state index contributed by atoms with van der Waals surface area (Å²) in [7, 11) is 0. The van der Waals surface area contributed by atoms with Crippen molar-refractivity contribution >= 4 is 23.5 Å². The lowest BCUT2D eigenvalue weighted by Gasteiger charge is -2.30. The number of aromatic nitrogens is 1. The van der Waals surface area contributed by atoms with Crippen LogP contribution in [0.4, 0.5) is 5.82 Å². The molecular weight excluding hydrogens is 234 g/mol. The Morgan fingerprint density at radius 3 is 3.00 bits per heavy atom. The maximum Gasteiger partial charge on any atom is 0.254 e. The summed E-state index contributed by atoms with van der Waals surface area (Å²) in [5.74, 6) is 1.48. The third kappa shape index (κ3) is 2.91. The molecule has 1 saturated heterocycles. The van der Waals surface area contributed by atoms with E-state index in [2.05, 4.69) is 11.9 Å². The number of amides is 1. The Labute approximate surface area is 106 Å². The molecule has 4 nitrogen and oxygen atoms in total. The summed E-state index contributed by atoms with van der Waals surface area (Å²) < 4.78 is 0. The minimum atomic E-state index is 0.0642. The molecule has 5 heteroatoms. The van der Waals surface area contributed by atoms with E-state index in [0.29, 0.717) is 16.6 Å². The third-order valence-corrected chi connectivity index (χ3v) is 3.88. The number of hydrogen-bond donors (Lipinski definition) is 1. The number of pyridine rings is 1. The highest BCUT2D eigenvalue weighted by molar-refractivity contribution is 7.99. The number of nitrogens with zero attached hydrogens (tertiary/aromatic N) is 2. The van der Waals surface area contributed by atoms with Gasteiger partial charge in [-0.3, -0.25) is 4.79 Å². The van der Waals surface area contributed by atoms with Gasteiger partial charge in [0.05, 0.1) is 0 Å². The van der Waals surface area contributed by atoms with Crippen molar-refractivity contribution in [1.29, 1.82) is 0 Å². The van der Waals surface area contributed by atoms with Gasteiger partial charge in [0, 0.05) is 35.3 Å². The first-order valence-corrected chi connectivity index (χ1v) is 6.76. The zero-order valence-corrected chi connectivity index (χ0v) is 11.0. The number of carbonyl (C=O) groups is 1. The average molecular weight is 251 g/mol. The van der Waals surface area contributed by atoms with Crippen molar-refractivity contribution in [2.75, 3.05) is 24.6 Å². The minimum absolute atomic E-state index is 0.0642. The Morgan fingerprint density at radius 1 is 1.59 bits per heavy atom. The zero-order valence-electron chi connectivity index (χ0n) is 10.1. The Morgan fingerprint density at radius 2 is 2.35 bits per heavy atom. The fourth-order valence-electron chi connectivity index (χ4n) is 2.00. The molecule has 0 radical (unpaired) electrons. The summed E-state index contributed by atoms with van der Waals surface area (Å²) in [6.45, 7) is 5.62. The van der Waals surface area contributed by atoms with E-state index in [1.165, 1.54) is 0 Å². The van der Waals surface area contributed by atoms with Crippen LogP contribution in [0, 0.1) is 6.92 Å². The number of thioether (sulfide) groups is 1. The molecule has 0 spiro atoms. The smallest absolute Gasteiger partial charge is 0.254 e. The first-order valence-electron chi connectivity index (χ1n) is 5.71. The molecule has 2 N–H and O–H groups in total. The molecule has 92 valence electrons. The Balaban J connectivity index is 2.18. The number of anilines is 1. The lowest BCUT2D eigenvalue weighted by molar-refractivity contribution is 0.0763. The second kappa shape index (κ2) is 4.96. The number of carbonyl (C=O) groups excluding carboxylic acids is 1. The lowest BCUT2D eigenvalue weighted by Crippen LogP contribution is -2.41. The van der Waals surface area contributed by atoms with Gasteiger partial charge in [0.25, 0.3) is 5.91 Å². The summed E-state index contributed by atoms with van der Waals surface area (Å²) in [6.07, 6.45) is 0. The molecule has 1 fully saturated rings. The van der Waals surface area contributed by atoms with E-state index in [9.17, 15) is 4.79 Å². The van der Waals surface area contributed by atoms with Crippen molar-refractivity contribution in [3.8, 4) is 0 Å². The standard InChI is InChI=1S/C12H17N3OS/c1-8-5-10(6-11(13)14-8)12(16)15-3-4-17-9(2)7-15/h5-6,9H,3-4,7H2,1-2H3,(H2,13,14). The maximum atomic E-state index is 12.3. The van der Waals surface area contributed by atoms with Crippen LogP contribution in [0.1, 0.15) is 23.0 Å². The summed E-state index contributed by atoms with van der Waals surface area (Å²) in [4.78, 5) is 18.3. The normalized spacial score (nSPS) is 20.4. The van der Waals surface area contributed by atoms with E-state index < -0.39 is 0 Å². The first kappa shape index (κ1) is 12.2. The van der Waals surface area contributed by atoms with E-state index in [1.807, 2.05) is 23.6 Å². The van der Waals surface area contributed by atoms with Gasteiger partial charge in [-0.15, -0.1) is 0 Å². The van der Waals surface area contributed by atoms with Crippen LogP contribution in [0.3, 0.4) is 0 Å². The topological polar surface area (TPSA) is 59.2 Å². The molecule has 1 unspecified atom stereocenters. The van der Waals surface area contributed by atoms with Crippen LogP contribution in [0.25, 0.3) is 0 Å². The summed E-state index contributed by atoms with van der Waals surface area (Å²) in [6, 6.07) is 3.45. The van der Waals surface area contributed by atoms with Crippen molar-refractivity contribution in [2.45, 2.75) is 19.1 Å². The Kier molecular flexibility index (Phi) is 3.57. The second-order valence-electron chi connectivity index (χ2n) is 4.35. The molecule has 0 saturated carbocycles. The number of rotatable bonds is 1.